The molecule has 0 aliphatic carbocycles. The average molecular weight is 248 g/mol. The van der Waals surface area contributed by atoms with Crippen molar-refractivity contribution in [2.75, 3.05) is 0 Å². The van der Waals surface area contributed by atoms with Gasteiger partial charge in [0.05, 0.1) is 0 Å². The number of hydrogen-bond acceptors (Lipinski definition) is 0. The van der Waals surface area contributed by atoms with Crippen molar-refractivity contribution in [3.8, 4) is 0 Å². The van der Waals surface area contributed by atoms with Gasteiger partial charge in [0.1, 0.15) is 0 Å². The van der Waals surface area contributed by atoms with Crippen molar-refractivity contribution in [2.24, 2.45) is 0 Å². The molecule has 0 atom stereocenters. The molecular formula is C18H32. The van der Waals surface area contributed by atoms with Crippen LogP contribution in [0.4, 0.5) is 0 Å². The van der Waals surface area contributed by atoms with Crippen LogP contribution in [0.3, 0.4) is 0 Å². The summed E-state index contributed by atoms with van der Waals surface area (Å²) >= 11 is 0. The predicted molar refractivity (Wildman–Crippen MR) is 84.9 cm³/mol. The van der Waals surface area contributed by atoms with Gasteiger partial charge in [0, 0.05) is 0 Å². The van der Waals surface area contributed by atoms with Crippen LogP contribution in [0.2, 0.25) is 0 Å². The number of hydrogen-bond donors (Lipinski definition) is 0. The maximum Gasteiger partial charge on any atom is -0.0348 e. The minimum atomic E-state index is 1.22. The second kappa shape index (κ2) is 16.2. The Balaban J connectivity index is 3.05. The summed E-state index contributed by atoms with van der Waals surface area (Å²) in [5.41, 5.74) is 0. The fraction of sp³-hybridized carbons (Fsp3) is 0.667. The van der Waals surface area contributed by atoms with Crippen molar-refractivity contribution in [1.82, 2.24) is 0 Å². The zero-order valence-electron chi connectivity index (χ0n) is 12.4. The predicted octanol–water partition coefficient (Wildman–Crippen LogP) is 6.60. The molecule has 0 rings (SSSR count). The second-order valence-electron chi connectivity index (χ2n) is 5.02. The van der Waals surface area contributed by atoms with E-state index in [2.05, 4.69) is 25.7 Å². The monoisotopic (exact) mass is 248 g/mol. The summed E-state index contributed by atoms with van der Waals surface area (Å²) < 4.78 is 0. The standard InChI is InChI=1S/C18H32/c1-3-5-7-9-11-13-15-17-18-16-14-12-10-8-6-4-2/h3,5,7,9,11H,1,4,6,8,10,12-18H2,2H3. The van der Waals surface area contributed by atoms with Crippen molar-refractivity contribution in [2.45, 2.75) is 77.6 Å². The highest BCUT2D eigenvalue weighted by Crippen LogP contribution is 2.11. The summed E-state index contributed by atoms with van der Waals surface area (Å²) in [5, 5.41) is 0. The van der Waals surface area contributed by atoms with E-state index >= 15 is 0 Å². The van der Waals surface area contributed by atoms with Crippen LogP contribution < -0.4 is 0 Å². The van der Waals surface area contributed by atoms with Gasteiger partial charge in [0.15, 0.2) is 0 Å². The zero-order valence-corrected chi connectivity index (χ0v) is 12.4. The van der Waals surface area contributed by atoms with E-state index < -0.39 is 0 Å². The van der Waals surface area contributed by atoms with E-state index in [1.807, 2.05) is 18.2 Å². The molecule has 0 nitrogen and oxygen atoms in total. The summed E-state index contributed by atoms with van der Waals surface area (Å²) in [6.45, 7) is 5.92. The lowest BCUT2D eigenvalue weighted by Crippen LogP contribution is -1.81. The Bertz CT molecular complexity index is 210. The van der Waals surface area contributed by atoms with Crippen LogP contribution >= 0.6 is 0 Å². The number of allylic oxidation sites excluding steroid dienone is 5. The first-order valence-electron chi connectivity index (χ1n) is 7.86. The minimum absolute atomic E-state index is 1.22. The van der Waals surface area contributed by atoms with E-state index in [1.54, 1.807) is 0 Å². The highest BCUT2D eigenvalue weighted by atomic mass is 14.0. The molecule has 0 amide bonds. The van der Waals surface area contributed by atoms with Gasteiger partial charge in [0.25, 0.3) is 0 Å². The molecule has 0 N–H and O–H groups in total. The normalized spacial score (nSPS) is 11.6. The van der Waals surface area contributed by atoms with Gasteiger partial charge >= 0.3 is 0 Å². The number of rotatable bonds is 13. The summed E-state index contributed by atoms with van der Waals surface area (Å²) in [7, 11) is 0. The molecule has 0 saturated heterocycles. The number of unbranched alkanes of at least 4 members (excludes halogenated alkanes) is 10. The van der Waals surface area contributed by atoms with Crippen LogP contribution in [0.1, 0.15) is 77.6 Å². The van der Waals surface area contributed by atoms with E-state index in [-0.39, 0.29) is 0 Å². The van der Waals surface area contributed by atoms with Gasteiger partial charge in [-0.15, -0.1) is 0 Å². The van der Waals surface area contributed by atoms with Crippen molar-refractivity contribution in [3.63, 3.8) is 0 Å². The van der Waals surface area contributed by atoms with E-state index in [4.69, 9.17) is 0 Å². The molecule has 0 heteroatoms. The maximum atomic E-state index is 3.64. The van der Waals surface area contributed by atoms with Crippen LogP contribution in [0.15, 0.2) is 37.0 Å². The van der Waals surface area contributed by atoms with Crippen molar-refractivity contribution in [3.05, 3.63) is 37.0 Å². The first-order chi connectivity index (χ1) is 8.91. The van der Waals surface area contributed by atoms with Crippen LogP contribution in [-0.4, -0.2) is 0 Å². The van der Waals surface area contributed by atoms with Crippen molar-refractivity contribution in [1.29, 1.82) is 0 Å². The third kappa shape index (κ3) is 15.2. The summed E-state index contributed by atoms with van der Waals surface area (Å²) in [5.74, 6) is 0. The zero-order chi connectivity index (χ0) is 13.3. The molecule has 0 aromatic heterocycles. The van der Waals surface area contributed by atoms with Gasteiger partial charge in [-0.2, -0.15) is 0 Å². The fourth-order valence-corrected chi connectivity index (χ4v) is 2.07. The van der Waals surface area contributed by atoms with Crippen LogP contribution in [0, 0.1) is 0 Å². The lowest BCUT2D eigenvalue weighted by atomic mass is 10.1. The third-order valence-corrected chi connectivity index (χ3v) is 3.22. The average Bonchev–Trinajstić information content (AvgIpc) is 2.39. The van der Waals surface area contributed by atoms with Gasteiger partial charge in [-0.05, 0) is 12.8 Å². The van der Waals surface area contributed by atoms with Crippen LogP contribution in [0.25, 0.3) is 0 Å². The van der Waals surface area contributed by atoms with Crippen molar-refractivity contribution < 1.29 is 0 Å². The first kappa shape index (κ1) is 17.2. The Labute approximate surface area is 115 Å². The molecule has 0 aliphatic heterocycles. The summed E-state index contributed by atoms with van der Waals surface area (Å²) in [6, 6.07) is 0. The van der Waals surface area contributed by atoms with Gasteiger partial charge in [-0.25, -0.2) is 0 Å². The quantitative estimate of drug-likeness (QED) is 0.254. The molecule has 0 saturated carbocycles. The first-order valence-corrected chi connectivity index (χ1v) is 7.86. The Morgan fingerprint density at radius 3 is 1.78 bits per heavy atom. The SMILES string of the molecule is C=CC=CC=CCCCCCCCCCCCC. The van der Waals surface area contributed by atoms with Gasteiger partial charge in [-0.1, -0.05) is 102 Å². The molecular weight excluding hydrogens is 216 g/mol. The molecule has 104 valence electrons. The molecule has 0 aromatic carbocycles. The molecule has 0 radical (unpaired) electrons. The Hall–Kier alpha value is -0.780. The Morgan fingerprint density at radius 2 is 1.22 bits per heavy atom. The molecule has 0 unspecified atom stereocenters. The van der Waals surface area contributed by atoms with E-state index in [0.29, 0.717) is 0 Å². The lowest BCUT2D eigenvalue weighted by Gasteiger charge is -2.01. The van der Waals surface area contributed by atoms with Gasteiger partial charge < -0.3 is 0 Å². The minimum Gasteiger partial charge on any atom is -0.0991 e. The second-order valence-corrected chi connectivity index (χ2v) is 5.02. The Kier molecular flexibility index (Phi) is 15.5. The highest BCUT2D eigenvalue weighted by molar-refractivity contribution is 5.08. The van der Waals surface area contributed by atoms with E-state index in [1.165, 1.54) is 70.6 Å². The fourth-order valence-electron chi connectivity index (χ4n) is 2.07. The molecule has 0 heterocycles. The largest absolute Gasteiger partial charge is 0.0991 e. The molecule has 0 bridgehead atoms. The molecule has 0 aliphatic rings. The summed E-state index contributed by atoms with van der Waals surface area (Å²) in [6.07, 6.45) is 25.6. The molecule has 18 heavy (non-hydrogen) atoms. The van der Waals surface area contributed by atoms with E-state index in [0.717, 1.165) is 0 Å². The molecule has 0 aromatic rings. The smallest absolute Gasteiger partial charge is 0.0348 e. The molecule has 0 spiro atoms. The highest BCUT2D eigenvalue weighted by Gasteiger charge is 1.91. The van der Waals surface area contributed by atoms with E-state index in [9.17, 15) is 0 Å². The Morgan fingerprint density at radius 1 is 0.667 bits per heavy atom. The summed E-state index contributed by atoms with van der Waals surface area (Å²) in [4.78, 5) is 0. The third-order valence-electron chi connectivity index (χ3n) is 3.22. The lowest BCUT2D eigenvalue weighted by molar-refractivity contribution is 0.557. The van der Waals surface area contributed by atoms with Gasteiger partial charge in [-0.3, -0.25) is 0 Å². The topological polar surface area (TPSA) is 0 Å². The van der Waals surface area contributed by atoms with Crippen LogP contribution in [-0.2, 0) is 0 Å². The van der Waals surface area contributed by atoms with Gasteiger partial charge in [0.2, 0.25) is 0 Å². The maximum absolute atomic E-state index is 3.64. The van der Waals surface area contributed by atoms with Crippen molar-refractivity contribution >= 4 is 0 Å². The molecule has 0 fully saturated rings. The van der Waals surface area contributed by atoms with Crippen LogP contribution in [0.5, 0.6) is 0 Å².